The summed E-state index contributed by atoms with van der Waals surface area (Å²) in [6, 6.07) is -1.48. The van der Waals surface area contributed by atoms with Gasteiger partial charge >= 0.3 is 19.8 Å². The van der Waals surface area contributed by atoms with Crippen LogP contribution in [0.2, 0.25) is 0 Å². The molecule has 0 bridgehead atoms. The van der Waals surface area contributed by atoms with Crippen LogP contribution in [0.1, 0.15) is 200 Å². The fourth-order valence-electron chi connectivity index (χ4n) is 6.49. The van der Waals surface area contributed by atoms with Crippen molar-refractivity contribution in [1.82, 2.24) is 0 Å². The van der Waals surface area contributed by atoms with Crippen molar-refractivity contribution in [2.24, 2.45) is 5.73 Å². The molecule has 62 heavy (non-hydrogen) atoms. The molecule has 0 aromatic rings. The molecule has 10 nitrogen and oxygen atoms in total. The second-order valence-electron chi connectivity index (χ2n) is 16.2. The van der Waals surface area contributed by atoms with Crippen molar-refractivity contribution in [3.8, 4) is 0 Å². The van der Waals surface area contributed by atoms with E-state index in [1.807, 2.05) is 0 Å². The molecule has 0 amide bonds. The molecule has 3 atom stereocenters. The predicted octanol–water partition coefficient (Wildman–Crippen LogP) is 14.2. The van der Waals surface area contributed by atoms with Gasteiger partial charge in [-0.3, -0.25) is 18.6 Å². The molecular formula is C51H90NO9P. The number of hydrogen-bond donors (Lipinski definition) is 3. The van der Waals surface area contributed by atoms with E-state index in [4.69, 9.17) is 29.4 Å². The van der Waals surface area contributed by atoms with Crippen molar-refractivity contribution in [1.29, 1.82) is 0 Å². The lowest BCUT2D eigenvalue weighted by molar-refractivity contribution is -0.154. The van der Waals surface area contributed by atoms with Gasteiger partial charge in [0.1, 0.15) is 12.1 Å². The zero-order valence-corrected chi connectivity index (χ0v) is 40.1. The minimum Gasteiger partial charge on any atom is -0.480 e. The Hall–Kier alpha value is -2.59. The predicted molar refractivity (Wildman–Crippen MR) is 258 cm³/mol. The van der Waals surface area contributed by atoms with Crippen LogP contribution < -0.4 is 5.73 Å². The van der Waals surface area contributed by atoms with Gasteiger partial charge in [-0.15, -0.1) is 0 Å². The van der Waals surface area contributed by atoms with Crippen LogP contribution in [0.15, 0.2) is 72.9 Å². The first kappa shape index (κ1) is 59.4. The van der Waals surface area contributed by atoms with Crippen molar-refractivity contribution >= 4 is 19.8 Å². The summed E-state index contributed by atoms with van der Waals surface area (Å²) < 4.78 is 33.4. The maximum atomic E-state index is 12.7. The highest BCUT2D eigenvalue weighted by Crippen LogP contribution is 2.43. The third-order valence-electron chi connectivity index (χ3n) is 10.3. The highest BCUT2D eigenvalue weighted by molar-refractivity contribution is 7.47. The molecule has 0 aliphatic heterocycles. The van der Waals surface area contributed by atoms with E-state index < -0.39 is 45.1 Å². The Balaban J connectivity index is 4.24. The average Bonchev–Trinajstić information content (AvgIpc) is 3.25. The summed E-state index contributed by atoms with van der Waals surface area (Å²) in [4.78, 5) is 33.6. The van der Waals surface area contributed by atoms with Crippen LogP contribution in [-0.4, -0.2) is 60.5 Å². The van der Waals surface area contributed by atoms with Gasteiger partial charge in [0.25, 0.3) is 0 Å². The third kappa shape index (κ3) is 45.4. The number of allylic oxidation sites excluding steroid dienone is 12. The number of carboxylic acid groups (broad SMARTS) is 1. The molecule has 0 aliphatic carbocycles. The molecule has 0 aromatic heterocycles. The third-order valence-corrected chi connectivity index (χ3v) is 11.2. The highest BCUT2D eigenvalue weighted by atomic mass is 31.2. The summed E-state index contributed by atoms with van der Waals surface area (Å²) in [6.45, 7) is 3.75. The topological polar surface area (TPSA) is 155 Å². The Morgan fingerprint density at radius 3 is 1.40 bits per heavy atom. The second kappa shape index (κ2) is 46.4. The van der Waals surface area contributed by atoms with Gasteiger partial charge < -0.3 is 25.2 Å². The van der Waals surface area contributed by atoms with E-state index in [-0.39, 0.29) is 13.0 Å². The molecular weight excluding hydrogens is 802 g/mol. The minimum atomic E-state index is -4.63. The number of nitrogens with two attached hydrogens (primary N) is 1. The molecule has 358 valence electrons. The lowest BCUT2D eigenvalue weighted by Gasteiger charge is -2.20. The molecule has 0 fully saturated rings. The van der Waals surface area contributed by atoms with Gasteiger partial charge in [-0.1, -0.05) is 202 Å². The normalized spacial score (nSPS) is 14.4. The number of hydrogen-bond acceptors (Lipinski definition) is 8. The number of carbonyl (C=O) groups is 2. The molecule has 0 saturated heterocycles. The first-order chi connectivity index (χ1) is 30.2. The molecule has 0 saturated carbocycles. The molecule has 0 rings (SSSR count). The number of ether oxygens (including phenoxy) is 2. The van der Waals surface area contributed by atoms with Gasteiger partial charge in [0.2, 0.25) is 0 Å². The van der Waals surface area contributed by atoms with E-state index in [0.717, 1.165) is 83.5 Å². The summed E-state index contributed by atoms with van der Waals surface area (Å²) in [6.07, 6.45) is 58.1. The molecule has 0 heterocycles. The van der Waals surface area contributed by atoms with Gasteiger partial charge in [0, 0.05) is 13.0 Å². The Bertz CT molecular complexity index is 1260. The zero-order valence-electron chi connectivity index (χ0n) is 39.2. The summed E-state index contributed by atoms with van der Waals surface area (Å²) >= 11 is 0. The monoisotopic (exact) mass is 892 g/mol. The van der Waals surface area contributed by atoms with E-state index in [2.05, 4.69) is 86.8 Å². The van der Waals surface area contributed by atoms with E-state index >= 15 is 0 Å². The Kier molecular flexibility index (Phi) is 44.5. The van der Waals surface area contributed by atoms with Crippen molar-refractivity contribution in [2.75, 3.05) is 26.4 Å². The highest BCUT2D eigenvalue weighted by Gasteiger charge is 2.27. The van der Waals surface area contributed by atoms with Gasteiger partial charge in [-0.05, 0) is 64.2 Å². The number of phosphoric acid groups is 1. The number of rotatable bonds is 46. The zero-order chi connectivity index (χ0) is 45.5. The van der Waals surface area contributed by atoms with Crippen LogP contribution in [0, 0.1) is 0 Å². The van der Waals surface area contributed by atoms with Crippen LogP contribution in [0.3, 0.4) is 0 Å². The molecule has 0 aromatic carbocycles. The summed E-state index contributed by atoms with van der Waals surface area (Å²) in [5.41, 5.74) is 5.37. The number of carbonyl (C=O) groups excluding carboxylic acids is 1. The van der Waals surface area contributed by atoms with Crippen LogP contribution in [-0.2, 0) is 32.7 Å². The SMILES string of the molecule is CC/C=C\C/C=C\C/C=C\C/C=C\C/C=C\C/C=C\CCCCCCC(=O)OC(COCCCCCCCCCCCCCCCCCCC)COP(=O)(O)OCC(N)C(=O)O. The second-order valence-corrected chi connectivity index (χ2v) is 17.7. The van der Waals surface area contributed by atoms with Crippen molar-refractivity contribution in [3.05, 3.63) is 72.9 Å². The Morgan fingerprint density at radius 2 is 0.935 bits per heavy atom. The van der Waals surface area contributed by atoms with Crippen LogP contribution in [0.5, 0.6) is 0 Å². The maximum Gasteiger partial charge on any atom is 0.472 e. The van der Waals surface area contributed by atoms with Crippen molar-refractivity contribution in [2.45, 2.75) is 212 Å². The lowest BCUT2D eigenvalue weighted by Crippen LogP contribution is -2.34. The first-order valence-electron chi connectivity index (χ1n) is 24.5. The van der Waals surface area contributed by atoms with Crippen LogP contribution in [0.25, 0.3) is 0 Å². The minimum absolute atomic E-state index is 0.00515. The van der Waals surface area contributed by atoms with Gasteiger partial charge in [-0.25, -0.2) is 4.57 Å². The number of aliphatic carboxylic acids is 1. The standard InChI is InChI=1S/C51H90NO9P/c1-3-5-7-9-11-13-15-17-19-21-22-23-24-25-26-27-29-31-33-35-37-39-41-43-50(53)61-48(46-59-62(56,57)60-47-49(52)51(54)55)45-58-44-42-40-38-36-34-32-30-28-20-18-16-14-12-10-8-6-4-2/h5,7,11,13,17,19,22-23,25-26,29,31,48-49H,3-4,6,8-10,12,14-16,18,20-21,24,27-28,30,32-47,52H2,1-2H3,(H,54,55)(H,56,57)/b7-5-,13-11-,19-17-,23-22-,26-25-,31-29-. The van der Waals surface area contributed by atoms with Gasteiger partial charge in [0.15, 0.2) is 0 Å². The number of esters is 1. The fraction of sp³-hybridized carbons (Fsp3) is 0.725. The average molecular weight is 892 g/mol. The quantitative estimate of drug-likeness (QED) is 0.0233. The summed E-state index contributed by atoms with van der Waals surface area (Å²) in [7, 11) is -4.63. The molecule has 0 spiro atoms. The molecule has 3 unspecified atom stereocenters. The van der Waals surface area contributed by atoms with Crippen LogP contribution in [0.4, 0.5) is 0 Å². The Labute approximate surface area is 378 Å². The van der Waals surface area contributed by atoms with Gasteiger partial charge in [-0.2, -0.15) is 0 Å². The Morgan fingerprint density at radius 1 is 0.532 bits per heavy atom. The molecule has 0 radical (unpaired) electrons. The number of unbranched alkanes of at least 4 members (excludes halogenated alkanes) is 20. The summed E-state index contributed by atoms with van der Waals surface area (Å²) in [5, 5.41) is 8.92. The van der Waals surface area contributed by atoms with E-state index in [9.17, 15) is 19.0 Å². The lowest BCUT2D eigenvalue weighted by atomic mass is 10.0. The fourth-order valence-corrected chi connectivity index (χ4v) is 7.27. The van der Waals surface area contributed by atoms with E-state index in [1.165, 1.54) is 89.9 Å². The number of phosphoric ester groups is 1. The van der Waals surface area contributed by atoms with Crippen molar-refractivity contribution < 1.29 is 42.7 Å². The molecule has 4 N–H and O–H groups in total. The van der Waals surface area contributed by atoms with Crippen LogP contribution >= 0.6 is 7.82 Å². The maximum absolute atomic E-state index is 12.7. The largest absolute Gasteiger partial charge is 0.480 e. The van der Waals surface area contributed by atoms with Crippen molar-refractivity contribution in [3.63, 3.8) is 0 Å². The van der Waals surface area contributed by atoms with Gasteiger partial charge in [0.05, 0.1) is 19.8 Å². The van der Waals surface area contributed by atoms with E-state index in [1.54, 1.807) is 0 Å². The molecule has 11 heteroatoms. The van der Waals surface area contributed by atoms with E-state index in [0.29, 0.717) is 13.0 Å². The molecule has 0 aliphatic rings. The first-order valence-corrected chi connectivity index (χ1v) is 26.0. The summed E-state index contributed by atoms with van der Waals surface area (Å²) in [5.74, 6) is -1.80. The number of carboxylic acids is 1. The smallest absolute Gasteiger partial charge is 0.472 e.